The van der Waals surface area contributed by atoms with E-state index in [1.807, 2.05) is 50.2 Å². The number of hydrogen-bond donors (Lipinski definition) is 3. The van der Waals surface area contributed by atoms with Crippen LogP contribution in [0, 0.1) is 19.8 Å². The van der Waals surface area contributed by atoms with Gasteiger partial charge in [-0.25, -0.2) is 4.98 Å². The molecule has 0 spiro atoms. The molecule has 5 rings (SSSR count). The fourth-order valence-corrected chi connectivity index (χ4v) is 6.83. The van der Waals surface area contributed by atoms with E-state index in [-0.39, 0.29) is 30.0 Å². The van der Waals surface area contributed by atoms with E-state index in [1.54, 1.807) is 15.5 Å². The fourth-order valence-electron chi connectivity index (χ4n) is 6.83. The van der Waals surface area contributed by atoms with Crippen LogP contribution in [0.2, 0.25) is 0 Å². The third kappa shape index (κ3) is 13.0. The van der Waals surface area contributed by atoms with E-state index in [4.69, 9.17) is 23.9 Å². The Morgan fingerprint density at radius 2 is 1.60 bits per heavy atom. The number of ether oxygens (including phenoxy) is 4. The van der Waals surface area contributed by atoms with Crippen LogP contribution < -0.4 is 21.5 Å². The first-order chi connectivity index (χ1) is 25.9. The van der Waals surface area contributed by atoms with Gasteiger partial charge in [-0.3, -0.25) is 24.3 Å². The molecule has 0 bridgehead atoms. The van der Waals surface area contributed by atoms with E-state index in [0.717, 1.165) is 49.0 Å². The van der Waals surface area contributed by atoms with Crippen LogP contribution in [-0.2, 0) is 41.5 Å². The number of carbonyl (C=O) groups is 2. The fraction of sp³-hybridized carbons (Fsp3) is 0.600. The molecule has 2 aromatic carbocycles. The molecule has 3 N–H and O–H groups in total. The standard InChI is InChI=1S/C40H58N6O7/c1-30-7-3-4-11-35(30)43-37(47)12-6-9-32-13-16-41-17-22-53-29-42-33(15-21-51-26-25-50-20-14-32)27-36-44-39-31(2)8-5-10-34(39)40(49)46(36)28-38(48)45-18-23-52-24-19-45/h3-5,7-8,10-11,32-33,41-42H,6,9,12-29H2,1-2H3,(H,43,47)/t32?,33-/m1/s1. The molecule has 0 aliphatic carbocycles. The van der Waals surface area contributed by atoms with Gasteiger partial charge in [-0.15, -0.1) is 0 Å². The first-order valence-electron chi connectivity index (χ1n) is 19.3. The van der Waals surface area contributed by atoms with Crippen molar-refractivity contribution >= 4 is 28.4 Å². The third-order valence-electron chi connectivity index (χ3n) is 10.1. The van der Waals surface area contributed by atoms with Gasteiger partial charge in [0.05, 0.1) is 50.7 Å². The minimum absolute atomic E-state index is 0.0517. The van der Waals surface area contributed by atoms with Crippen molar-refractivity contribution in [1.29, 1.82) is 0 Å². The van der Waals surface area contributed by atoms with Gasteiger partial charge in [-0.1, -0.05) is 30.3 Å². The molecule has 1 unspecified atom stereocenters. The van der Waals surface area contributed by atoms with Crippen LogP contribution in [0.1, 0.15) is 55.5 Å². The number of benzene rings is 2. The number of aryl methyl sites for hydroxylation is 2. The summed E-state index contributed by atoms with van der Waals surface area (Å²) in [7, 11) is 0. The summed E-state index contributed by atoms with van der Waals surface area (Å²) in [6.45, 7) is 10.4. The Kier molecular flexibility index (Phi) is 16.7. The van der Waals surface area contributed by atoms with E-state index in [0.29, 0.717) is 115 Å². The van der Waals surface area contributed by atoms with Crippen LogP contribution in [0.4, 0.5) is 5.69 Å². The SMILES string of the molecule is Cc1ccccc1NC(=O)CCCC1CCNCCOCN[C@@H](Cc2nc3c(C)cccc3c(=O)n2CC(=O)N2CCOCC2)CCOCCOCC1. The number of para-hydroxylation sites is 2. The Hall–Kier alpha value is -3.72. The largest absolute Gasteiger partial charge is 0.379 e. The van der Waals surface area contributed by atoms with Gasteiger partial charge in [0.2, 0.25) is 11.8 Å². The van der Waals surface area contributed by atoms with Gasteiger partial charge in [0.25, 0.3) is 5.56 Å². The van der Waals surface area contributed by atoms with Crippen LogP contribution in [0.15, 0.2) is 47.3 Å². The number of hydrogen-bond acceptors (Lipinski definition) is 10. The second-order valence-corrected chi connectivity index (χ2v) is 14.0. The minimum atomic E-state index is -0.211. The summed E-state index contributed by atoms with van der Waals surface area (Å²) in [5, 5.41) is 10.5. The average molecular weight is 735 g/mol. The molecule has 2 aliphatic heterocycles. The molecule has 2 saturated heterocycles. The van der Waals surface area contributed by atoms with Gasteiger partial charge >= 0.3 is 0 Å². The monoisotopic (exact) mass is 734 g/mol. The smallest absolute Gasteiger partial charge is 0.261 e. The zero-order valence-corrected chi connectivity index (χ0v) is 31.5. The molecule has 1 aromatic heterocycles. The lowest BCUT2D eigenvalue weighted by molar-refractivity contribution is -0.136. The molecule has 13 nitrogen and oxygen atoms in total. The molecule has 3 heterocycles. The van der Waals surface area contributed by atoms with Gasteiger partial charge in [0.15, 0.2) is 0 Å². The summed E-state index contributed by atoms with van der Waals surface area (Å²) in [5.41, 5.74) is 3.29. The number of aromatic nitrogens is 2. The lowest BCUT2D eigenvalue weighted by atomic mass is 9.95. The summed E-state index contributed by atoms with van der Waals surface area (Å²) in [6, 6.07) is 13.3. The molecular formula is C40H58N6O7. The van der Waals surface area contributed by atoms with Crippen molar-refractivity contribution in [2.75, 3.05) is 84.5 Å². The Labute approximate surface area is 313 Å². The van der Waals surface area contributed by atoms with E-state index in [1.165, 1.54) is 0 Å². The van der Waals surface area contributed by atoms with Gasteiger partial charge < -0.3 is 34.5 Å². The highest BCUT2D eigenvalue weighted by Gasteiger charge is 2.23. The highest BCUT2D eigenvalue weighted by atomic mass is 16.5. The molecule has 13 heteroatoms. The maximum Gasteiger partial charge on any atom is 0.261 e. The van der Waals surface area contributed by atoms with Crippen molar-refractivity contribution in [2.45, 2.75) is 71.4 Å². The predicted octanol–water partition coefficient (Wildman–Crippen LogP) is 3.58. The Morgan fingerprint density at radius 1 is 0.849 bits per heavy atom. The van der Waals surface area contributed by atoms with Crippen molar-refractivity contribution in [1.82, 2.24) is 25.1 Å². The number of anilines is 1. The molecule has 2 aliphatic rings. The topological polar surface area (TPSA) is 145 Å². The van der Waals surface area contributed by atoms with Gasteiger partial charge in [0.1, 0.15) is 12.4 Å². The molecule has 290 valence electrons. The minimum Gasteiger partial charge on any atom is -0.379 e. The number of nitrogens with zero attached hydrogens (tertiary/aromatic N) is 3. The average Bonchev–Trinajstić information content (AvgIpc) is 3.16. The van der Waals surface area contributed by atoms with Gasteiger partial charge in [-0.2, -0.15) is 0 Å². The first kappa shape index (κ1) is 40.5. The lowest BCUT2D eigenvalue weighted by Gasteiger charge is -2.28. The van der Waals surface area contributed by atoms with Crippen molar-refractivity contribution in [2.24, 2.45) is 5.92 Å². The number of morpholine rings is 1. The maximum absolute atomic E-state index is 13.8. The quantitative estimate of drug-likeness (QED) is 0.299. The zero-order chi connectivity index (χ0) is 37.3. The number of carbonyl (C=O) groups excluding carboxylic acids is 2. The van der Waals surface area contributed by atoms with Gasteiger partial charge in [0, 0.05) is 57.4 Å². The van der Waals surface area contributed by atoms with Crippen LogP contribution in [0.25, 0.3) is 10.9 Å². The van der Waals surface area contributed by atoms with E-state index < -0.39 is 0 Å². The Bertz CT molecular complexity index is 1640. The molecular weight excluding hydrogens is 676 g/mol. The Morgan fingerprint density at radius 3 is 2.42 bits per heavy atom. The van der Waals surface area contributed by atoms with Crippen molar-refractivity contribution < 1.29 is 28.5 Å². The normalized spacial score (nSPS) is 20.4. The summed E-state index contributed by atoms with van der Waals surface area (Å²) >= 11 is 0. The summed E-state index contributed by atoms with van der Waals surface area (Å²) in [4.78, 5) is 46.5. The second kappa shape index (κ2) is 21.9. The summed E-state index contributed by atoms with van der Waals surface area (Å²) in [5.74, 6) is 0.946. The van der Waals surface area contributed by atoms with Crippen molar-refractivity contribution in [3.05, 3.63) is 69.8 Å². The van der Waals surface area contributed by atoms with E-state index in [2.05, 4.69) is 16.0 Å². The number of rotatable bonds is 9. The Balaban J connectivity index is 1.14. The molecule has 3 aromatic rings. The number of amides is 2. The lowest BCUT2D eigenvalue weighted by Crippen LogP contribution is -2.44. The van der Waals surface area contributed by atoms with Crippen LogP contribution >= 0.6 is 0 Å². The maximum atomic E-state index is 13.8. The van der Waals surface area contributed by atoms with Crippen LogP contribution in [0.3, 0.4) is 0 Å². The molecule has 0 radical (unpaired) electrons. The third-order valence-corrected chi connectivity index (χ3v) is 10.1. The summed E-state index contributed by atoms with van der Waals surface area (Å²) < 4.78 is 24.9. The first-order valence-corrected chi connectivity index (χ1v) is 19.3. The zero-order valence-electron chi connectivity index (χ0n) is 31.5. The highest BCUT2D eigenvalue weighted by molar-refractivity contribution is 5.91. The van der Waals surface area contributed by atoms with Crippen molar-refractivity contribution in [3.63, 3.8) is 0 Å². The van der Waals surface area contributed by atoms with Crippen LogP contribution in [-0.4, -0.2) is 111 Å². The summed E-state index contributed by atoms with van der Waals surface area (Å²) in [6.07, 6.45) is 5.29. The molecule has 0 saturated carbocycles. The van der Waals surface area contributed by atoms with Crippen molar-refractivity contribution in [3.8, 4) is 0 Å². The second-order valence-electron chi connectivity index (χ2n) is 14.0. The molecule has 53 heavy (non-hydrogen) atoms. The van der Waals surface area contributed by atoms with Gasteiger partial charge in [-0.05, 0) is 81.7 Å². The van der Waals surface area contributed by atoms with E-state index in [9.17, 15) is 14.4 Å². The molecule has 2 amide bonds. The number of fused-ring (bicyclic) bond motifs is 1. The van der Waals surface area contributed by atoms with Crippen LogP contribution in [0.5, 0.6) is 0 Å². The molecule has 2 atom stereocenters. The number of nitrogens with one attached hydrogen (secondary N) is 3. The molecule has 2 fully saturated rings. The van der Waals surface area contributed by atoms with E-state index >= 15 is 0 Å². The highest BCUT2D eigenvalue weighted by Crippen LogP contribution is 2.19. The predicted molar refractivity (Wildman–Crippen MR) is 205 cm³/mol.